The number of anilines is 3. The van der Waals surface area contributed by atoms with Crippen LogP contribution in [0.5, 0.6) is 0 Å². The highest BCUT2D eigenvalue weighted by molar-refractivity contribution is 5.93. The summed E-state index contributed by atoms with van der Waals surface area (Å²) in [6.45, 7) is 14.9. The van der Waals surface area contributed by atoms with Crippen LogP contribution in [0.3, 0.4) is 0 Å². The molecule has 12 rings (SSSR count). The molecule has 0 aliphatic heterocycles. The van der Waals surface area contributed by atoms with Gasteiger partial charge < -0.3 is 4.90 Å². The summed E-state index contributed by atoms with van der Waals surface area (Å²) in [5.41, 5.74) is 19.9. The predicted molar refractivity (Wildman–Crippen MR) is 215 cm³/mol. The summed E-state index contributed by atoms with van der Waals surface area (Å²) in [4.78, 5) is 2.74. The molecule has 0 saturated heterocycles. The lowest BCUT2D eigenvalue weighted by Gasteiger charge is -2.76. The number of fused-ring (bicyclic) bond motifs is 12. The minimum atomic E-state index is -0.122. The monoisotopic (exact) mass is 677 g/mol. The van der Waals surface area contributed by atoms with E-state index in [1.54, 1.807) is 11.1 Å². The van der Waals surface area contributed by atoms with Gasteiger partial charge in [0, 0.05) is 16.5 Å². The van der Waals surface area contributed by atoms with Crippen molar-refractivity contribution < 1.29 is 0 Å². The lowest BCUT2D eigenvalue weighted by atomic mass is 9.27. The molecule has 6 atom stereocenters. The SMILES string of the molecule is CC1(C)CCC(C)(C)c2c(N(c3ccc4c(c3)C3(c5ccccc5-4)C4CC5CC6CC3C64C5)c3cccc4c3C(C)(C)c3ccccc3-4)cccc21. The Balaban J connectivity index is 1.14. The van der Waals surface area contributed by atoms with E-state index in [1.165, 1.54) is 100 Å². The zero-order valence-corrected chi connectivity index (χ0v) is 31.8. The van der Waals surface area contributed by atoms with Crippen LogP contribution < -0.4 is 4.90 Å². The number of rotatable bonds is 3. The van der Waals surface area contributed by atoms with Gasteiger partial charge in [0.05, 0.1) is 11.4 Å². The third-order valence-corrected chi connectivity index (χ3v) is 16.7. The van der Waals surface area contributed by atoms with Crippen molar-refractivity contribution in [2.24, 2.45) is 29.1 Å². The van der Waals surface area contributed by atoms with Gasteiger partial charge in [0.2, 0.25) is 0 Å². The van der Waals surface area contributed by atoms with Crippen molar-refractivity contribution in [3.8, 4) is 22.3 Å². The second-order valence-electron chi connectivity index (χ2n) is 20.0. The van der Waals surface area contributed by atoms with Crippen LogP contribution in [0, 0.1) is 29.1 Å². The highest BCUT2D eigenvalue weighted by Gasteiger charge is 2.84. The molecule has 5 aromatic carbocycles. The molecule has 7 aliphatic rings. The van der Waals surface area contributed by atoms with E-state index in [0.29, 0.717) is 5.41 Å². The lowest BCUT2D eigenvalue weighted by molar-refractivity contribution is -0.231. The van der Waals surface area contributed by atoms with Gasteiger partial charge in [0.1, 0.15) is 0 Å². The molecular weight excluding hydrogens is 627 g/mol. The summed E-state index contributed by atoms with van der Waals surface area (Å²) in [5.74, 6) is 3.53. The van der Waals surface area contributed by atoms with Crippen LogP contribution in [0.4, 0.5) is 17.1 Å². The van der Waals surface area contributed by atoms with Crippen LogP contribution in [0.15, 0.2) is 103 Å². The highest BCUT2D eigenvalue weighted by Crippen LogP contribution is 2.89. The van der Waals surface area contributed by atoms with Crippen LogP contribution in [-0.4, -0.2) is 0 Å². The molecule has 7 aliphatic carbocycles. The molecule has 2 spiro atoms. The topological polar surface area (TPSA) is 3.24 Å². The molecular formula is C51H51N. The molecule has 4 saturated carbocycles. The third kappa shape index (κ3) is 3.24. The van der Waals surface area contributed by atoms with Crippen LogP contribution in [0.1, 0.15) is 113 Å². The van der Waals surface area contributed by atoms with E-state index < -0.39 is 0 Å². The Morgan fingerprint density at radius 1 is 0.519 bits per heavy atom. The molecule has 0 radical (unpaired) electrons. The predicted octanol–water partition coefficient (Wildman–Crippen LogP) is 13.1. The summed E-state index contributed by atoms with van der Waals surface area (Å²) in [6, 6.07) is 40.9. The van der Waals surface area contributed by atoms with Gasteiger partial charge in [-0.25, -0.2) is 0 Å². The van der Waals surface area contributed by atoms with Crippen molar-refractivity contribution in [3.05, 3.63) is 137 Å². The third-order valence-electron chi connectivity index (χ3n) is 16.7. The molecule has 5 aromatic rings. The summed E-state index contributed by atoms with van der Waals surface area (Å²) >= 11 is 0. The number of hydrogen-bond donors (Lipinski definition) is 0. The number of benzene rings is 5. The maximum absolute atomic E-state index is 2.74. The van der Waals surface area contributed by atoms with E-state index in [4.69, 9.17) is 0 Å². The molecule has 0 amide bonds. The van der Waals surface area contributed by atoms with Crippen molar-refractivity contribution in [3.63, 3.8) is 0 Å². The standard InChI is InChI=1S/C51H51N/c1-47(2)23-24-48(3,4)46-39(47)18-12-20-42(46)52(41-19-11-15-36-34-14-7-9-16-37(34)49(5,6)45(36)41)32-21-22-35-33-13-8-10-17-38(33)51(40(35)28-32)43-26-30-25-31-27-44(51)50(31,43)29-30/h7-22,28,30-31,43-44H,23-27,29H2,1-6H3. The smallest absolute Gasteiger partial charge is 0.0508 e. The van der Waals surface area contributed by atoms with E-state index in [9.17, 15) is 0 Å². The first kappa shape index (κ1) is 30.4. The largest absolute Gasteiger partial charge is 0.310 e. The van der Waals surface area contributed by atoms with Gasteiger partial charge in [-0.2, -0.15) is 0 Å². The second kappa shape index (κ2) is 9.33. The average Bonchev–Trinajstić information content (AvgIpc) is 3.83. The summed E-state index contributed by atoms with van der Waals surface area (Å²) in [6.07, 6.45) is 8.29. The Bertz CT molecular complexity index is 2410. The summed E-state index contributed by atoms with van der Waals surface area (Å²) in [5, 5.41) is 0. The van der Waals surface area contributed by atoms with E-state index in [-0.39, 0.29) is 21.7 Å². The summed E-state index contributed by atoms with van der Waals surface area (Å²) < 4.78 is 0. The fraction of sp³-hybridized carbons (Fsp3) is 0.412. The van der Waals surface area contributed by atoms with E-state index in [0.717, 1.165) is 23.7 Å². The van der Waals surface area contributed by atoms with Gasteiger partial charge in [-0.1, -0.05) is 120 Å². The lowest BCUT2D eigenvalue weighted by Crippen LogP contribution is -2.73. The van der Waals surface area contributed by atoms with Gasteiger partial charge in [-0.05, 0) is 158 Å². The average molecular weight is 678 g/mol. The molecule has 0 aromatic heterocycles. The van der Waals surface area contributed by atoms with Crippen molar-refractivity contribution >= 4 is 17.1 Å². The van der Waals surface area contributed by atoms with Gasteiger partial charge in [0.25, 0.3) is 0 Å². The normalized spacial score (nSPS) is 31.8. The second-order valence-corrected chi connectivity index (χ2v) is 20.0. The first-order chi connectivity index (χ1) is 25.0. The molecule has 0 N–H and O–H groups in total. The maximum Gasteiger partial charge on any atom is 0.0508 e. The van der Waals surface area contributed by atoms with Crippen LogP contribution in [0.25, 0.3) is 22.3 Å². The van der Waals surface area contributed by atoms with E-state index >= 15 is 0 Å². The van der Waals surface area contributed by atoms with Gasteiger partial charge in [-0.15, -0.1) is 0 Å². The molecule has 0 heterocycles. The van der Waals surface area contributed by atoms with Crippen molar-refractivity contribution in [1.29, 1.82) is 0 Å². The van der Waals surface area contributed by atoms with Crippen molar-refractivity contribution in [2.75, 3.05) is 4.90 Å². The minimum absolute atomic E-state index is 0.0642. The quantitative estimate of drug-likeness (QED) is 0.184. The van der Waals surface area contributed by atoms with Crippen LogP contribution in [0.2, 0.25) is 0 Å². The molecule has 4 fully saturated rings. The van der Waals surface area contributed by atoms with Gasteiger partial charge in [0.15, 0.2) is 0 Å². The molecule has 260 valence electrons. The fourth-order valence-corrected chi connectivity index (χ4v) is 14.7. The van der Waals surface area contributed by atoms with Crippen LogP contribution in [-0.2, 0) is 21.7 Å². The molecule has 2 bridgehead atoms. The zero-order chi connectivity index (χ0) is 35.2. The molecule has 1 heteroatoms. The Hall–Kier alpha value is -4.10. The van der Waals surface area contributed by atoms with Crippen molar-refractivity contribution in [2.45, 2.75) is 102 Å². The highest BCUT2D eigenvalue weighted by atomic mass is 15.2. The summed E-state index contributed by atoms with van der Waals surface area (Å²) in [7, 11) is 0. The first-order valence-electron chi connectivity index (χ1n) is 20.4. The van der Waals surface area contributed by atoms with Gasteiger partial charge >= 0.3 is 0 Å². The van der Waals surface area contributed by atoms with Crippen LogP contribution >= 0.6 is 0 Å². The number of hydrogen-bond acceptors (Lipinski definition) is 1. The Labute approximate surface area is 310 Å². The van der Waals surface area contributed by atoms with Crippen molar-refractivity contribution in [1.82, 2.24) is 0 Å². The first-order valence-corrected chi connectivity index (χ1v) is 20.4. The Morgan fingerprint density at radius 2 is 1.13 bits per heavy atom. The molecule has 52 heavy (non-hydrogen) atoms. The van der Waals surface area contributed by atoms with Gasteiger partial charge in [-0.3, -0.25) is 0 Å². The minimum Gasteiger partial charge on any atom is -0.310 e. The fourth-order valence-electron chi connectivity index (χ4n) is 14.7. The Morgan fingerprint density at radius 3 is 1.92 bits per heavy atom. The maximum atomic E-state index is 2.74. The van der Waals surface area contributed by atoms with E-state index in [2.05, 4.69) is 150 Å². The number of nitrogens with zero attached hydrogens (tertiary/aromatic N) is 1. The zero-order valence-electron chi connectivity index (χ0n) is 31.8. The van der Waals surface area contributed by atoms with E-state index in [1.807, 2.05) is 0 Å². The Kier molecular flexibility index (Phi) is 5.45. The molecule has 1 nitrogen and oxygen atoms in total. The molecule has 6 unspecified atom stereocenters.